The predicted octanol–water partition coefficient (Wildman–Crippen LogP) is 1.36. The lowest BCUT2D eigenvalue weighted by molar-refractivity contribution is 0.102. The number of fused-ring (bicyclic) bond motifs is 1. The van der Waals surface area contributed by atoms with E-state index in [9.17, 15) is 14.4 Å². The Bertz CT molecular complexity index is 990. The van der Waals surface area contributed by atoms with Crippen LogP contribution < -0.4 is 16.4 Å². The summed E-state index contributed by atoms with van der Waals surface area (Å²) in [6, 6.07) is 8.25. The van der Waals surface area contributed by atoms with Crippen molar-refractivity contribution in [3.63, 3.8) is 0 Å². The summed E-state index contributed by atoms with van der Waals surface area (Å²) in [5.41, 5.74) is 0.657. The third-order valence-electron chi connectivity index (χ3n) is 3.47. The average molecular weight is 310 g/mol. The van der Waals surface area contributed by atoms with Gasteiger partial charge in [0.1, 0.15) is 0 Å². The van der Waals surface area contributed by atoms with Crippen LogP contribution >= 0.6 is 0 Å². The largest absolute Gasteiger partial charge is 0.321 e. The van der Waals surface area contributed by atoms with Crippen molar-refractivity contribution in [3.8, 4) is 0 Å². The number of carbonyl (C=O) groups is 1. The van der Waals surface area contributed by atoms with E-state index in [2.05, 4.69) is 15.3 Å². The van der Waals surface area contributed by atoms with Gasteiger partial charge >= 0.3 is 11.1 Å². The Labute approximate surface area is 130 Å². The molecular formula is C16H14N4O3. The Morgan fingerprint density at radius 1 is 1.30 bits per heavy atom. The molecule has 2 aromatic heterocycles. The molecular weight excluding hydrogens is 296 g/mol. The number of hydrogen-bond acceptors (Lipinski definition) is 4. The van der Waals surface area contributed by atoms with Crippen molar-refractivity contribution < 1.29 is 4.79 Å². The van der Waals surface area contributed by atoms with Gasteiger partial charge in [0, 0.05) is 18.3 Å². The molecule has 0 bridgehead atoms. The molecule has 0 atom stereocenters. The van der Waals surface area contributed by atoms with E-state index in [1.54, 1.807) is 43.5 Å². The van der Waals surface area contributed by atoms with E-state index in [0.29, 0.717) is 28.8 Å². The van der Waals surface area contributed by atoms with Crippen LogP contribution in [0.1, 0.15) is 17.3 Å². The van der Waals surface area contributed by atoms with Crippen molar-refractivity contribution >= 4 is 22.6 Å². The molecule has 0 aliphatic rings. The maximum Gasteiger partial charge on any atom is 0.316 e. The lowest BCUT2D eigenvalue weighted by Gasteiger charge is -2.09. The fourth-order valence-corrected chi connectivity index (χ4v) is 2.37. The number of anilines is 1. The van der Waals surface area contributed by atoms with Crippen LogP contribution in [0.5, 0.6) is 0 Å². The number of amides is 1. The minimum absolute atomic E-state index is 0.324. The Kier molecular flexibility index (Phi) is 3.76. The molecule has 116 valence electrons. The van der Waals surface area contributed by atoms with Gasteiger partial charge in [0.15, 0.2) is 0 Å². The summed E-state index contributed by atoms with van der Waals surface area (Å²) in [4.78, 5) is 42.2. The summed E-state index contributed by atoms with van der Waals surface area (Å²) in [6.45, 7) is 2.16. The highest BCUT2D eigenvalue weighted by molar-refractivity contribution is 6.05. The normalized spacial score (nSPS) is 10.7. The number of pyridine rings is 1. The zero-order valence-corrected chi connectivity index (χ0v) is 12.4. The number of aromatic amines is 1. The first-order valence-corrected chi connectivity index (χ1v) is 7.08. The van der Waals surface area contributed by atoms with Gasteiger partial charge in [-0.15, -0.1) is 0 Å². The van der Waals surface area contributed by atoms with Gasteiger partial charge in [-0.25, -0.2) is 0 Å². The van der Waals surface area contributed by atoms with Crippen molar-refractivity contribution in [2.45, 2.75) is 13.5 Å². The van der Waals surface area contributed by atoms with E-state index in [1.807, 2.05) is 0 Å². The molecule has 7 heteroatoms. The molecule has 2 N–H and O–H groups in total. The lowest BCUT2D eigenvalue weighted by atomic mass is 10.1. The van der Waals surface area contributed by atoms with Gasteiger partial charge in [0.25, 0.3) is 5.91 Å². The minimum Gasteiger partial charge on any atom is -0.321 e. The third kappa shape index (κ3) is 2.76. The van der Waals surface area contributed by atoms with E-state index in [4.69, 9.17) is 0 Å². The van der Waals surface area contributed by atoms with E-state index < -0.39 is 11.1 Å². The highest BCUT2D eigenvalue weighted by Crippen LogP contribution is 2.13. The number of hydrogen-bond donors (Lipinski definition) is 2. The number of aromatic nitrogens is 3. The Morgan fingerprint density at radius 3 is 2.83 bits per heavy atom. The number of H-pyrrole nitrogens is 1. The van der Waals surface area contributed by atoms with E-state index in [-0.39, 0.29) is 5.91 Å². The van der Waals surface area contributed by atoms with Crippen molar-refractivity contribution in [1.82, 2.24) is 14.5 Å². The minimum atomic E-state index is -0.704. The topological polar surface area (TPSA) is 96.9 Å². The number of rotatable bonds is 3. The van der Waals surface area contributed by atoms with Crippen LogP contribution in [0.25, 0.3) is 11.0 Å². The van der Waals surface area contributed by atoms with Crippen molar-refractivity contribution in [1.29, 1.82) is 0 Å². The van der Waals surface area contributed by atoms with Crippen molar-refractivity contribution in [2.75, 3.05) is 5.32 Å². The average Bonchev–Trinajstić information content (AvgIpc) is 2.56. The summed E-state index contributed by atoms with van der Waals surface area (Å²) in [5.74, 6) is -0.324. The molecule has 0 saturated heterocycles. The number of nitrogens with zero attached hydrogens (tertiary/aromatic N) is 2. The van der Waals surface area contributed by atoms with Crippen LogP contribution in [0.3, 0.4) is 0 Å². The second kappa shape index (κ2) is 5.88. The van der Waals surface area contributed by atoms with Gasteiger partial charge in [-0.05, 0) is 37.3 Å². The molecule has 3 aromatic rings. The summed E-state index contributed by atoms with van der Waals surface area (Å²) < 4.78 is 1.37. The Balaban J connectivity index is 2.03. The van der Waals surface area contributed by atoms with E-state index in [0.717, 1.165) is 0 Å². The zero-order chi connectivity index (χ0) is 16.4. The first kappa shape index (κ1) is 14.7. The van der Waals surface area contributed by atoms with Gasteiger partial charge < -0.3 is 14.9 Å². The fraction of sp³-hybridized carbons (Fsp3) is 0.125. The van der Waals surface area contributed by atoms with Crippen molar-refractivity contribution in [2.24, 2.45) is 0 Å². The SMILES string of the molecule is CCn1c(=O)c(=O)[nH]c2cc(C(=O)Nc3cccnc3)ccc21. The number of benzene rings is 1. The molecule has 0 saturated carbocycles. The van der Waals surface area contributed by atoms with Crippen LogP contribution in [0.15, 0.2) is 52.3 Å². The van der Waals surface area contributed by atoms with Crippen molar-refractivity contribution in [3.05, 3.63) is 69.0 Å². The maximum absolute atomic E-state index is 12.3. The molecule has 1 aromatic carbocycles. The quantitative estimate of drug-likeness (QED) is 0.714. The molecule has 0 unspecified atom stereocenters. The molecule has 7 nitrogen and oxygen atoms in total. The highest BCUT2D eigenvalue weighted by atomic mass is 16.2. The Morgan fingerprint density at radius 2 is 2.13 bits per heavy atom. The fourth-order valence-electron chi connectivity index (χ4n) is 2.37. The van der Waals surface area contributed by atoms with Gasteiger partial charge in [-0.3, -0.25) is 19.4 Å². The second-order valence-electron chi connectivity index (χ2n) is 4.93. The number of aryl methyl sites for hydroxylation is 1. The van der Waals surface area contributed by atoms with Gasteiger partial charge in [0.2, 0.25) is 0 Å². The molecule has 0 fully saturated rings. The molecule has 0 radical (unpaired) electrons. The summed E-state index contributed by atoms with van der Waals surface area (Å²) in [6.07, 6.45) is 3.15. The molecule has 2 heterocycles. The summed E-state index contributed by atoms with van der Waals surface area (Å²) in [5, 5.41) is 2.72. The maximum atomic E-state index is 12.3. The Hall–Kier alpha value is -3.22. The monoisotopic (exact) mass is 310 g/mol. The second-order valence-corrected chi connectivity index (χ2v) is 4.93. The molecule has 1 amide bonds. The molecule has 0 aliphatic carbocycles. The standard InChI is InChI=1S/C16H14N4O3/c1-2-20-13-6-5-10(8-12(13)19-15(22)16(20)23)14(21)18-11-4-3-7-17-9-11/h3-9H,2H2,1H3,(H,18,21)(H,19,22). The predicted molar refractivity (Wildman–Crippen MR) is 86.7 cm³/mol. The number of nitrogens with one attached hydrogen (secondary N) is 2. The van der Waals surface area contributed by atoms with Crippen LogP contribution in [-0.4, -0.2) is 20.4 Å². The molecule has 3 rings (SSSR count). The zero-order valence-electron chi connectivity index (χ0n) is 12.4. The lowest BCUT2D eigenvalue weighted by Crippen LogP contribution is -2.36. The number of carbonyl (C=O) groups excluding carboxylic acids is 1. The molecule has 23 heavy (non-hydrogen) atoms. The summed E-state index contributed by atoms with van der Waals surface area (Å²) in [7, 11) is 0. The third-order valence-corrected chi connectivity index (χ3v) is 3.47. The van der Waals surface area contributed by atoms with Crippen LogP contribution in [0, 0.1) is 0 Å². The van der Waals surface area contributed by atoms with Gasteiger partial charge in [-0.2, -0.15) is 0 Å². The first-order chi connectivity index (χ1) is 11.1. The van der Waals surface area contributed by atoms with Gasteiger partial charge in [-0.1, -0.05) is 0 Å². The van der Waals surface area contributed by atoms with Crippen LogP contribution in [-0.2, 0) is 6.54 Å². The van der Waals surface area contributed by atoms with Crippen LogP contribution in [0.2, 0.25) is 0 Å². The van der Waals surface area contributed by atoms with Gasteiger partial charge in [0.05, 0.1) is 22.9 Å². The highest BCUT2D eigenvalue weighted by Gasteiger charge is 2.11. The van der Waals surface area contributed by atoms with E-state index in [1.165, 1.54) is 10.8 Å². The first-order valence-electron chi connectivity index (χ1n) is 7.08. The van der Waals surface area contributed by atoms with Crippen LogP contribution in [0.4, 0.5) is 5.69 Å². The van der Waals surface area contributed by atoms with E-state index >= 15 is 0 Å². The molecule has 0 spiro atoms. The smallest absolute Gasteiger partial charge is 0.316 e. The molecule has 0 aliphatic heterocycles. The summed E-state index contributed by atoms with van der Waals surface area (Å²) >= 11 is 0.